The van der Waals surface area contributed by atoms with Gasteiger partial charge in [0.05, 0.1) is 4.90 Å². The van der Waals surface area contributed by atoms with Crippen LogP contribution >= 0.6 is 0 Å². The van der Waals surface area contributed by atoms with Gasteiger partial charge in [-0.1, -0.05) is 12.8 Å². The van der Waals surface area contributed by atoms with Gasteiger partial charge in [-0.25, -0.2) is 17.9 Å². The number of carbonyl (C=O) groups is 1. The number of anilines is 1. The second-order valence-corrected chi connectivity index (χ2v) is 9.39. The molecule has 0 spiro atoms. The minimum Gasteiger partial charge on any atom is -0.322 e. The summed E-state index contributed by atoms with van der Waals surface area (Å²) in [7, 11) is -3.50. The van der Waals surface area contributed by atoms with Gasteiger partial charge in [0, 0.05) is 44.0 Å². The Morgan fingerprint density at radius 1 is 1.04 bits per heavy atom. The maximum Gasteiger partial charge on any atom is 0.321 e. The van der Waals surface area contributed by atoms with Crippen molar-refractivity contribution in [3.05, 3.63) is 24.3 Å². The molecule has 1 aliphatic carbocycles. The second-order valence-electron chi connectivity index (χ2n) is 7.67. The minimum atomic E-state index is -3.50. The predicted molar refractivity (Wildman–Crippen MR) is 106 cm³/mol. The van der Waals surface area contributed by atoms with Crippen LogP contribution < -0.4 is 10.0 Å². The number of nitrogens with zero attached hydrogens (tertiary/aromatic N) is 2. The fourth-order valence-electron chi connectivity index (χ4n) is 3.69. The molecule has 1 aromatic carbocycles. The van der Waals surface area contributed by atoms with Gasteiger partial charge in [-0.05, 0) is 51.0 Å². The molecule has 2 fully saturated rings. The van der Waals surface area contributed by atoms with Gasteiger partial charge in [0.2, 0.25) is 10.0 Å². The molecule has 0 unspecified atom stereocenters. The van der Waals surface area contributed by atoms with Crippen molar-refractivity contribution in [2.75, 3.05) is 31.5 Å². The molecule has 2 N–H and O–H groups in total. The Labute approximate surface area is 162 Å². The van der Waals surface area contributed by atoms with Gasteiger partial charge in [-0.3, -0.25) is 4.90 Å². The zero-order valence-electron chi connectivity index (χ0n) is 16.1. The zero-order chi connectivity index (χ0) is 19.4. The van der Waals surface area contributed by atoms with E-state index in [-0.39, 0.29) is 17.0 Å². The molecule has 0 bridgehead atoms. The molecule has 150 valence electrons. The van der Waals surface area contributed by atoms with Crippen molar-refractivity contribution < 1.29 is 13.2 Å². The summed E-state index contributed by atoms with van der Waals surface area (Å²) < 4.78 is 27.7. The quantitative estimate of drug-likeness (QED) is 0.804. The zero-order valence-corrected chi connectivity index (χ0v) is 17.0. The molecule has 1 aromatic rings. The lowest BCUT2D eigenvalue weighted by Gasteiger charge is -2.36. The number of nitrogens with one attached hydrogen (secondary N) is 2. The van der Waals surface area contributed by atoms with Crippen molar-refractivity contribution in [2.45, 2.75) is 56.5 Å². The van der Waals surface area contributed by atoms with Crippen molar-refractivity contribution in [1.29, 1.82) is 0 Å². The van der Waals surface area contributed by atoms with Crippen LogP contribution in [-0.2, 0) is 10.0 Å². The van der Waals surface area contributed by atoms with Crippen LogP contribution in [0.3, 0.4) is 0 Å². The summed E-state index contributed by atoms with van der Waals surface area (Å²) in [6.45, 7) is 7.45. The average molecular weight is 395 g/mol. The normalized spacial score (nSPS) is 19.6. The fourth-order valence-corrected chi connectivity index (χ4v) is 5.00. The van der Waals surface area contributed by atoms with Gasteiger partial charge >= 0.3 is 6.03 Å². The fraction of sp³-hybridized carbons (Fsp3) is 0.632. The van der Waals surface area contributed by atoms with Crippen LogP contribution in [0.5, 0.6) is 0 Å². The molecule has 0 aromatic heterocycles. The first-order valence-electron chi connectivity index (χ1n) is 9.77. The topological polar surface area (TPSA) is 81.8 Å². The number of hydrogen-bond donors (Lipinski definition) is 2. The molecule has 1 saturated carbocycles. The minimum absolute atomic E-state index is 0.0406. The van der Waals surface area contributed by atoms with E-state index in [9.17, 15) is 13.2 Å². The summed E-state index contributed by atoms with van der Waals surface area (Å²) in [5, 5.41) is 2.86. The van der Waals surface area contributed by atoms with E-state index in [0.29, 0.717) is 24.8 Å². The van der Waals surface area contributed by atoms with E-state index in [1.807, 2.05) is 0 Å². The van der Waals surface area contributed by atoms with Crippen LogP contribution in [0.15, 0.2) is 29.2 Å². The summed E-state index contributed by atoms with van der Waals surface area (Å²) in [5.41, 5.74) is 0.603. The highest BCUT2D eigenvalue weighted by Crippen LogP contribution is 2.21. The number of hydrogen-bond acceptors (Lipinski definition) is 4. The molecule has 2 aliphatic rings. The Kier molecular flexibility index (Phi) is 6.39. The molecule has 8 heteroatoms. The highest BCUT2D eigenvalue weighted by atomic mass is 32.2. The number of sulfonamides is 1. The van der Waals surface area contributed by atoms with Crippen molar-refractivity contribution >= 4 is 21.7 Å². The first kappa shape index (κ1) is 20.1. The number of piperazine rings is 1. The molecule has 2 amide bonds. The Morgan fingerprint density at radius 3 is 2.19 bits per heavy atom. The van der Waals surface area contributed by atoms with Crippen LogP contribution in [0.1, 0.15) is 39.5 Å². The number of amides is 2. The SMILES string of the molecule is CC(C)N1CCN(C(=O)Nc2ccc(S(=O)(=O)NC3CCCC3)cc2)CC1. The Balaban J connectivity index is 1.55. The van der Waals surface area contributed by atoms with Crippen LogP contribution in [0, 0.1) is 0 Å². The van der Waals surface area contributed by atoms with Crippen molar-refractivity contribution in [2.24, 2.45) is 0 Å². The van der Waals surface area contributed by atoms with Gasteiger partial charge in [0.15, 0.2) is 0 Å². The Hall–Kier alpha value is -1.64. The van der Waals surface area contributed by atoms with E-state index >= 15 is 0 Å². The summed E-state index contributed by atoms with van der Waals surface area (Å²) in [6, 6.07) is 6.77. The largest absolute Gasteiger partial charge is 0.322 e. The molecule has 7 nitrogen and oxygen atoms in total. The Bertz CT molecular complexity index is 735. The molecule has 27 heavy (non-hydrogen) atoms. The van der Waals surface area contributed by atoms with E-state index < -0.39 is 10.0 Å². The smallest absolute Gasteiger partial charge is 0.321 e. The number of rotatable bonds is 5. The molecule has 1 heterocycles. The van der Waals surface area contributed by atoms with E-state index in [4.69, 9.17) is 0 Å². The van der Waals surface area contributed by atoms with E-state index in [1.54, 1.807) is 29.2 Å². The van der Waals surface area contributed by atoms with E-state index in [2.05, 4.69) is 28.8 Å². The maximum absolute atomic E-state index is 12.4. The molecule has 3 rings (SSSR count). The number of urea groups is 1. The molecular formula is C19H30N4O3S. The summed E-state index contributed by atoms with van der Waals surface area (Å²) in [6.07, 6.45) is 3.95. The highest BCUT2D eigenvalue weighted by molar-refractivity contribution is 7.89. The maximum atomic E-state index is 12.4. The third-order valence-electron chi connectivity index (χ3n) is 5.42. The Morgan fingerprint density at radius 2 is 1.63 bits per heavy atom. The van der Waals surface area contributed by atoms with Crippen molar-refractivity contribution in [3.63, 3.8) is 0 Å². The number of benzene rings is 1. The first-order valence-corrected chi connectivity index (χ1v) is 11.3. The summed E-state index contributed by atoms with van der Waals surface area (Å²) in [4.78, 5) is 16.8. The van der Waals surface area contributed by atoms with Gasteiger partial charge in [-0.15, -0.1) is 0 Å². The van der Waals surface area contributed by atoms with Crippen molar-refractivity contribution in [3.8, 4) is 0 Å². The standard InChI is InChI=1S/C19H30N4O3S/c1-15(2)22-11-13-23(14-12-22)19(24)20-16-7-9-18(10-8-16)27(25,26)21-17-5-3-4-6-17/h7-10,15,17,21H,3-6,11-14H2,1-2H3,(H,20,24). The highest BCUT2D eigenvalue weighted by Gasteiger charge is 2.24. The first-order chi connectivity index (χ1) is 12.8. The van der Waals surface area contributed by atoms with Crippen LogP contribution in [0.4, 0.5) is 10.5 Å². The van der Waals surface area contributed by atoms with Crippen LogP contribution in [0.25, 0.3) is 0 Å². The monoisotopic (exact) mass is 394 g/mol. The number of carbonyl (C=O) groups excluding carboxylic acids is 1. The van der Waals surface area contributed by atoms with Gasteiger partial charge in [0.1, 0.15) is 0 Å². The average Bonchev–Trinajstić information content (AvgIpc) is 3.14. The summed E-state index contributed by atoms with van der Waals surface area (Å²) >= 11 is 0. The van der Waals surface area contributed by atoms with Gasteiger partial charge in [-0.2, -0.15) is 0 Å². The lowest BCUT2D eigenvalue weighted by atomic mass is 10.2. The lowest BCUT2D eigenvalue weighted by Crippen LogP contribution is -2.51. The van der Waals surface area contributed by atoms with Crippen LogP contribution in [-0.4, -0.2) is 62.5 Å². The van der Waals surface area contributed by atoms with E-state index in [1.165, 1.54) is 0 Å². The van der Waals surface area contributed by atoms with Gasteiger partial charge < -0.3 is 10.2 Å². The second kappa shape index (κ2) is 8.58. The lowest BCUT2D eigenvalue weighted by molar-refractivity contribution is 0.125. The van der Waals surface area contributed by atoms with Crippen molar-refractivity contribution in [1.82, 2.24) is 14.5 Å². The molecule has 1 aliphatic heterocycles. The molecular weight excluding hydrogens is 364 g/mol. The molecule has 1 saturated heterocycles. The van der Waals surface area contributed by atoms with Crippen LogP contribution in [0.2, 0.25) is 0 Å². The third kappa shape index (κ3) is 5.21. The summed E-state index contributed by atoms with van der Waals surface area (Å²) in [5.74, 6) is 0. The van der Waals surface area contributed by atoms with E-state index in [0.717, 1.165) is 38.8 Å². The molecule has 0 radical (unpaired) electrons. The van der Waals surface area contributed by atoms with Gasteiger partial charge in [0.25, 0.3) is 0 Å². The molecule has 0 atom stereocenters. The third-order valence-corrected chi connectivity index (χ3v) is 6.96. The predicted octanol–water partition coefficient (Wildman–Crippen LogP) is 2.47.